The first-order chi connectivity index (χ1) is 5.86. The van der Waals surface area contributed by atoms with Crippen LogP contribution in [-0.2, 0) is 0 Å². The number of rotatable bonds is 1. The molecule has 0 aliphatic heterocycles. The second-order valence-electron chi connectivity index (χ2n) is 2.11. The zero-order valence-electron chi connectivity index (χ0n) is 5.94. The van der Waals surface area contributed by atoms with Crippen LogP contribution in [0.3, 0.4) is 0 Å². The van der Waals surface area contributed by atoms with Gasteiger partial charge in [0.2, 0.25) is 0 Å². The van der Waals surface area contributed by atoms with E-state index in [4.69, 9.17) is 0 Å². The van der Waals surface area contributed by atoms with Crippen molar-refractivity contribution >= 4 is 27.3 Å². The predicted octanol–water partition coefficient (Wildman–Crippen LogP) is 2.36. The van der Waals surface area contributed by atoms with Crippen LogP contribution in [0.2, 0.25) is 0 Å². The average molecular weight is 242 g/mol. The summed E-state index contributed by atoms with van der Waals surface area (Å²) in [4.78, 5) is 4.02. The SMILES string of the molecule is Brc1cc(-c2nncs2)ccn1. The van der Waals surface area contributed by atoms with E-state index in [1.165, 1.54) is 11.3 Å². The number of nitrogens with zero attached hydrogens (tertiary/aromatic N) is 3. The maximum Gasteiger partial charge on any atom is 0.147 e. The Morgan fingerprint density at radius 1 is 1.42 bits per heavy atom. The summed E-state index contributed by atoms with van der Waals surface area (Å²) < 4.78 is 0.815. The van der Waals surface area contributed by atoms with Crippen molar-refractivity contribution in [3.05, 3.63) is 28.4 Å². The monoisotopic (exact) mass is 241 g/mol. The Hall–Kier alpha value is -0.810. The van der Waals surface area contributed by atoms with Crippen molar-refractivity contribution in [1.82, 2.24) is 15.2 Å². The van der Waals surface area contributed by atoms with E-state index < -0.39 is 0 Å². The molecule has 0 saturated heterocycles. The highest BCUT2D eigenvalue weighted by Crippen LogP contribution is 2.21. The van der Waals surface area contributed by atoms with E-state index in [1.54, 1.807) is 11.7 Å². The van der Waals surface area contributed by atoms with Crippen LogP contribution in [0.1, 0.15) is 0 Å². The fourth-order valence-electron chi connectivity index (χ4n) is 0.834. The first-order valence-corrected chi connectivity index (χ1v) is 4.91. The minimum absolute atomic E-state index is 0.815. The van der Waals surface area contributed by atoms with Gasteiger partial charge in [0.25, 0.3) is 0 Å². The zero-order valence-corrected chi connectivity index (χ0v) is 8.34. The van der Waals surface area contributed by atoms with E-state index in [2.05, 4.69) is 31.1 Å². The lowest BCUT2D eigenvalue weighted by atomic mass is 10.3. The van der Waals surface area contributed by atoms with Gasteiger partial charge in [0.15, 0.2) is 0 Å². The minimum atomic E-state index is 0.815. The van der Waals surface area contributed by atoms with E-state index in [0.717, 1.165) is 15.2 Å². The molecule has 3 nitrogen and oxygen atoms in total. The molecule has 2 aromatic heterocycles. The molecule has 12 heavy (non-hydrogen) atoms. The van der Waals surface area contributed by atoms with Crippen molar-refractivity contribution < 1.29 is 0 Å². The quantitative estimate of drug-likeness (QED) is 0.720. The average Bonchev–Trinajstić information content (AvgIpc) is 2.56. The van der Waals surface area contributed by atoms with Gasteiger partial charge in [0.05, 0.1) is 0 Å². The molecule has 0 bridgehead atoms. The fraction of sp³-hybridized carbons (Fsp3) is 0. The molecule has 0 amide bonds. The molecule has 0 unspecified atom stereocenters. The molecule has 0 aromatic carbocycles. The second kappa shape index (κ2) is 3.28. The van der Waals surface area contributed by atoms with Crippen molar-refractivity contribution in [3.8, 4) is 10.6 Å². The van der Waals surface area contributed by atoms with Crippen molar-refractivity contribution in [2.45, 2.75) is 0 Å². The lowest BCUT2D eigenvalue weighted by Crippen LogP contribution is -1.79. The van der Waals surface area contributed by atoms with Gasteiger partial charge in [-0.15, -0.1) is 10.2 Å². The van der Waals surface area contributed by atoms with Gasteiger partial charge in [-0.1, -0.05) is 11.3 Å². The first kappa shape index (κ1) is 7.82. The van der Waals surface area contributed by atoms with Gasteiger partial charge >= 0.3 is 0 Å². The molecule has 0 saturated carbocycles. The number of hydrogen-bond donors (Lipinski definition) is 0. The highest BCUT2D eigenvalue weighted by Gasteiger charge is 2.00. The molecular formula is C7H4BrN3S. The van der Waals surface area contributed by atoms with Gasteiger partial charge in [-0.3, -0.25) is 0 Å². The summed E-state index contributed by atoms with van der Waals surface area (Å²) in [5.74, 6) is 0. The van der Waals surface area contributed by atoms with Gasteiger partial charge in [0, 0.05) is 11.8 Å². The van der Waals surface area contributed by atoms with E-state index in [1.807, 2.05) is 12.1 Å². The summed E-state index contributed by atoms with van der Waals surface area (Å²) in [6.45, 7) is 0. The molecule has 60 valence electrons. The minimum Gasteiger partial charge on any atom is -0.249 e. The smallest absolute Gasteiger partial charge is 0.147 e. The number of pyridine rings is 1. The molecule has 0 spiro atoms. The van der Waals surface area contributed by atoms with Gasteiger partial charge in [-0.05, 0) is 28.1 Å². The van der Waals surface area contributed by atoms with E-state index in [-0.39, 0.29) is 0 Å². The van der Waals surface area contributed by atoms with Crippen LogP contribution in [0.25, 0.3) is 10.6 Å². The third-order valence-corrected chi connectivity index (χ3v) is 2.51. The molecule has 2 aromatic rings. The molecule has 2 rings (SSSR count). The highest BCUT2D eigenvalue weighted by atomic mass is 79.9. The van der Waals surface area contributed by atoms with E-state index >= 15 is 0 Å². The molecule has 0 aliphatic rings. The third-order valence-electron chi connectivity index (χ3n) is 1.33. The Kier molecular flexibility index (Phi) is 2.14. The Morgan fingerprint density at radius 2 is 2.33 bits per heavy atom. The molecule has 0 radical (unpaired) electrons. The summed E-state index contributed by atoms with van der Waals surface area (Å²) in [5, 5.41) is 8.62. The summed E-state index contributed by atoms with van der Waals surface area (Å²) in [6, 6.07) is 3.83. The number of aromatic nitrogens is 3. The van der Waals surface area contributed by atoms with Crippen molar-refractivity contribution in [2.75, 3.05) is 0 Å². The topological polar surface area (TPSA) is 38.7 Å². The van der Waals surface area contributed by atoms with Crippen LogP contribution in [-0.4, -0.2) is 15.2 Å². The molecule has 2 heterocycles. The van der Waals surface area contributed by atoms with Crippen molar-refractivity contribution in [1.29, 1.82) is 0 Å². The number of hydrogen-bond acceptors (Lipinski definition) is 4. The maximum absolute atomic E-state index is 4.02. The third kappa shape index (κ3) is 1.51. The molecule has 0 N–H and O–H groups in total. The lowest BCUT2D eigenvalue weighted by Gasteiger charge is -1.93. The molecule has 5 heteroatoms. The van der Waals surface area contributed by atoms with E-state index in [9.17, 15) is 0 Å². The first-order valence-electron chi connectivity index (χ1n) is 3.24. The van der Waals surface area contributed by atoms with Gasteiger partial charge in [-0.25, -0.2) is 4.98 Å². The van der Waals surface area contributed by atoms with Crippen LogP contribution in [0.4, 0.5) is 0 Å². The normalized spacial score (nSPS) is 10.1. The van der Waals surface area contributed by atoms with Gasteiger partial charge in [-0.2, -0.15) is 0 Å². The number of halogens is 1. The maximum atomic E-state index is 4.02. The van der Waals surface area contributed by atoms with Crippen LogP contribution in [0.5, 0.6) is 0 Å². The van der Waals surface area contributed by atoms with E-state index in [0.29, 0.717) is 0 Å². The Morgan fingerprint density at radius 3 is 3.00 bits per heavy atom. The Bertz CT molecular complexity index is 374. The predicted molar refractivity (Wildman–Crippen MR) is 50.8 cm³/mol. The lowest BCUT2D eigenvalue weighted by molar-refractivity contribution is 1.09. The van der Waals surface area contributed by atoms with Crippen molar-refractivity contribution in [2.24, 2.45) is 0 Å². The Labute approximate surface area is 81.6 Å². The van der Waals surface area contributed by atoms with Crippen LogP contribution >= 0.6 is 27.3 Å². The fourth-order valence-corrected chi connectivity index (χ4v) is 1.75. The summed E-state index contributed by atoms with van der Waals surface area (Å²) >= 11 is 4.81. The van der Waals surface area contributed by atoms with Crippen LogP contribution in [0.15, 0.2) is 28.4 Å². The molecule has 0 atom stereocenters. The Balaban J connectivity index is 2.48. The van der Waals surface area contributed by atoms with Crippen LogP contribution < -0.4 is 0 Å². The van der Waals surface area contributed by atoms with Crippen LogP contribution in [0, 0.1) is 0 Å². The summed E-state index contributed by atoms with van der Waals surface area (Å²) in [5.41, 5.74) is 2.75. The molecular weight excluding hydrogens is 238 g/mol. The van der Waals surface area contributed by atoms with Crippen molar-refractivity contribution in [3.63, 3.8) is 0 Å². The highest BCUT2D eigenvalue weighted by molar-refractivity contribution is 9.10. The molecule has 0 aliphatic carbocycles. The molecule has 0 fully saturated rings. The summed E-state index contributed by atoms with van der Waals surface area (Å²) in [6.07, 6.45) is 1.74. The zero-order chi connectivity index (χ0) is 8.39. The second-order valence-corrected chi connectivity index (χ2v) is 3.76. The van der Waals surface area contributed by atoms with Gasteiger partial charge < -0.3 is 0 Å². The summed E-state index contributed by atoms with van der Waals surface area (Å²) in [7, 11) is 0. The van der Waals surface area contributed by atoms with Gasteiger partial charge in [0.1, 0.15) is 15.1 Å². The largest absolute Gasteiger partial charge is 0.249 e. The standard InChI is InChI=1S/C7H4BrN3S/c8-6-3-5(1-2-9-6)7-11-10-4-12-7/h1-4H.